The van der Waals surface area contributed by atoms with Crippen LogP contribution in [0.3, 0.4) is 0 Å². The molecule has 2 N–H and O–H groups in total. The molecule has 3 aliphatic rings. The number of aryl methyl sites for hydroxylation is 1. The van der Waals surface area contributed by atoms with Crippen molar-refractivity contribution in [2.24, 2.45) is 0 Å². The van der Waals surface area contributed by atoms with Crippen molar-refractivity contribution in [2.45, 2.75) is 44.9 Å². The van der Waals surface area contributed by atoms with Crippen LogP contribution in [0.1, 0.15) is 51.4 Å². The fourth-order valence-corrected chi connectivity index (χ4v) is 4.64. The van der Waals surface area contributed by atoms with E-state index in [1.807, 2.05) is 0 Å². The molecule has 3 aromatic rings. The first-order chi connectivity index (χ1) is 17.5. The zero-order valence-electron chi connectivity index (χ0n) is 19.1. The molecule has 13 nitrogen and oxygen atoms in total. The predicted octanol–water partition coefficient (Wildman–Crippen LogP) is -0.0627. The van der Waals surface area contributed by atoms with Crippen LogP contribution in [-0.4, -0.2) is 66.0 Å². The summed E-state index contributed by atoms with van der Waals surface area (Å²) in [6, 6.07) is 6.34. The van der Waals surface area contributed by atoms with Crippen LogP contribution in [0.15, 0.2) is 30.5 Å². The van der Waals surface area contributed by atoms with Gasteiger partial charge in [-0.25, -0.2) is 9.36 Å². The van der Waals surface area contributed by atoms with E-state index < -0.39 is 17.9 Å². The van der Waals surface area contributed by atoms with Gasteiger partial charge in [-0.1, -0.05) is 11.3 Å². The summed E-state index contributed by atoms with van der Waals surface area (Å²) in [5.41, 5.74) is 2.58. The van der Waals surface area contributed by atoms with Gasteiger partial charge in [0.2, 0.25) is 17.7 Å². The van der Waals surface area contributed by atoms with Gasteiger partial charge in [-0.2, -0.15) is 5.10 Å². The molecule has 0 radical (unpaired) electrons. The Morgan fingerprint density at radius 2 is 2.11 bits per heavy atom. The molecule has 4 amide bonds. The van der Waals surface area contributed by atoms with Crippen LogP contribution in [0.2, 0.25) is 0 Å². The lowest BCUT2D eigenvalue weighted by molar-refractivity contribution is -0.136. The number of benzene rings is 1. The average Bonchev–Trinajstić information content (AvgIpc) is 3.60. The fourth-order valence-electron chi connectivity index (χ4n) is 4.64. The molecule has 0 spiro atoms. The number of amides is 4. The maximum atomic E-state index is 13.0. The molecule has 2 aromatic heterocycles. The third-order valence-corrected chi connectivity index (χ3v) is 6.49. The molecule has 0 aliphatic carbocycles. The second-order valence-corrected chi connectivity index (χ2v) is 8.87. The minimum absolute atomic E-state index is 0.118. The molecule has 1 aromatic carbocycles. The smallest absolute Gasteiger partial charge is 0.273 e. The quantitative estimate of drug-likeness (QED) is 0.472. The summed E-state index contributed by atoms with van der Waals surface area (Å²) in [5.74, 6) is -0.783. The Bertz CT molecular complexity index is 1390. The van der Waals surface area contributed by atoms with E-state index in [-0.39, 0.29) is 37.0 Å². The van der Waals surface area contributed by atoms with Crippen molar-refractivity contribution in [1.29, 1.82) is 0 Å². The van der Waals surface area contributed by atoms with Crippen molar-refractivity contribution in [3.8, 4) is 11.6 Å². The number of carbonyl (C=O) groups is 4. The monoisotopic (exact) mass is 490 g/mol. The van der Waals surface area contributed by atoms with E-state index >= 15 is 0 Å². The van der Waals surface area contributed by atoms with Gasteiger partial charge in [-0.15, -0.1) is 5.10 Å². The zero-order chi connectivity index (χ0) is 24.8. The third-order valence-electron chi connectivity index (χ3n) is 6.49. The van der Waals surface area contributed by atoms with E-state index in [2.05, 4.69) is 26.0 Å². The van der Waals surface area contributed by atoms with Crippen molar-refractivity contribution in [1.82, 2.24) is 40.3 Å². The minimum atomic E-state index is -0.680. The molecule has 184 valence electrons. The van der Waals surface area contributed by atoms with Crippen LogP contribution < -0.4 is 15.4 Å². The van der Waals surface area contributed by atoms with Crippen molar-refractivity contribution in [3.05, 3.63) is 53.0 Å². The van der Waals surface area contributed by atoms with E-state index in [0.717, 1.165) is 18.5 Å². The Balaban J connectivity index is 1.13. The van der Waals surface area contributed by atoms with Gasteiger partial charge in [0.25, 0.3) is 11.8 Å². The highest BCUT2D eigenvalue weighted by Gasteiger charge is 2.39. The van der Waals surface area contributed by atoms with Crippen LogP contribution >= 0.6 is 0 Å². The number of piperidine rings is 1. The highest BCUT2D eigenvalue weighted by atomic mass is 16.5. The number of carbonyl (C=O) groups excluding carboxylic acids is 4. The summed E-state index contributed by atoms with van der Waals surface area (Å²) in [6.45, 7) is 1.95. The van der Waals surface area contributed by atoms with E-state index in [0.29, 0.717) is 35.9 Å². The number of fused-ring (bicyclic) bond motifs is 2. The maximum absolute atomic E-state index is 13.0. The number of hydrogen-bond acceptors (Lipinski definition) is 8. The van der Waals surface area contributed by atoms with Crippen molar-refractivity contribution in [3.63, 3.8) is 0 Å². The second-order valence-electron chi connectivity index (χ2n) is 8.87. The van der Waals surface area contributed by atoms with E-state index in [9.17, 15) is 19.2 Å². The number of ether oxygens (including phenoxy) is 1. The van der Waals surface area contributed by atoms with Gasteiger partial charge in [0.05, 0.1) is 30.7 Å². The number of imide groups is 1. The number of hydrogen-bond donors (Lipinski definition) is 2. The number of nitrogens with zero attached hydrogens (tertiary/aromatic N) is 6. The molecule has 6 rings (SSSR count). The zero-order valence-corrected chi connectivity index (χ0v) is 19.1. The van der Waals surface area contributed by atoms with Gasteiger partial charge in [-0.05, 0) is 24.1 Å². The lowest BCUT2D eigenvalue weighted by atomic mass is 10.0. The van der Waals surface area contributed by atoms with E-state index in [4.69, 9.17) is 4.74 Å². The minimum Gasteiger partial charge on any atom is -0.478 e. The molecule has 5 heterocycles. The Hall–Kier alpha value is -4.55. The number of nitrogens with one attached hydrogen (secondary N) is 2. The van der Waals surface area contributed by atoms with Crippen molar-refractivity contribution < 1.29 is 23.9 Å². The van der Waals surface area contributed by atoms with Crippen molar-refractivity contribution >= 4 is 23.6 Å². The van der Waals surface area contributed by atoms with Crippen LogP contribution in [0, 0.1) is 0 Å². The van der Waals surface area contributed by atoms with E-state index in [1.165, 1.54) is 15.8 Å². The molecule has 1 fully saturated rings. The number of rotatable bonds is 5. The fraction of sp³-hybridized carbons (Fsp3) is 0.348. The maximum Gasteiger partial charge on any atom is 0.273 e. The van der Waals surface area contributed by atoms with Crippen LogP contribution in [0.5, 0.6) is 5.88 Å². The SMILES string of the molecule is O=C1CCC(N2Cc3ccc(-n4cc(C(=O)NCc5cc6n(n5)CCCO6)nn4)cc3C2=O)C(=O)N1. The molecule has 36 heavy (non-hydrogen) atoms. The Morgan fingerprint density at radius 1 is 1.22 bits per heavy atom. The largest absolute Gasteiger partial charge is 0.478 e. The van der Waals surface area contributed by atoms with Gasteiger partial charge in [0.1, 0.15) is 6.04 Å². The molecule has 1 saturated heterocycles. The van der Waals surface area contributed by atoms with Crippen molar-refractivity contribution in [2.75, 3.05) is 6.61 Å². The summed E-state index contributed by atoms with van der Waals surface area (Å²) in [4.78, 5) is 50.8. The molecule has 0 saturated carbocycles. The van der Waals surface area contributed by atoms with Gasteiger partial charge in [0, 0.05) is 37.6 Å². The first-order valence-electron chi connectivity index (χ1n) is 11.6. The third kappa shape index (κ3) is 3.87. The van der Waals surface area contributed by atoms with Crippen LogP contribution in [0.4, 0.5) is 0 Å². The normalized spacial score (nSPS) is 18.9. The van der Waals surface area contributed by atoms with Gasteiger partial charge in [0.15, 0.2) is 5.69 Å². The molecule has 1 unspecified atom stereocenters. The highest BCUT2D eigenvalue weighted by Crippen LogP contribution is 2.29. The van der Waals surface area contributed by atoms with Gasteiger partial charge in [-0.3, -0.25) is 24.5 Å². The Labute approximate surface area is 204 Å². The Morgan fingerprint density at radius 3 is 2.94 bits per heavy atom. The standard InChI is InChI=1S/C23H22N8O5/c32-19-5-4-18(22(34)25-19)29-11-13-2-3-15(9-16(13)23(29)35)31-12-17(26-28-31)21(33)24-10-14-8-20-30(27-14)6-1-7-36-20/h2-3,8-9,12,18H,1,4-7,10-11H2,(H,24,33)(H,25,32,34). The summed E-state index contributed by atoms with van der Waals surface area (Å²) >= 11 is 0. The molecule has 3 aliphatic heterocycles. The first-order valence-corrected chi connectivity index (χ1v) is 11.6. The summed E-state index contributed by atoms with van der Waals surface area (Å²) < 4.78 is 8.73. The van der Waals surface area contributed by atoms with Gasteiger partial charge < -0.3 is 15.0 Å². The Kier molecular flexibility index (Phi) is 5.24. The average molecular weight is 490 g/mol. The summed E-state index contributed by atoms with van der Waals surface area (Å²) in [5, 5.41) is 17.5. The lowest BCUT2D eigenvalue weighted by Crippen LogP contribution is -2.52. The molecular weight excluding hydrogens is 468 g/mol. The van der Waals surface area contributed by atoms with Gasteiger partial charge >= 0.3 is 0 Å². The van der Waals surface area contributed by atoms with E-state index in [1.54, 1.807) is 28.9 Å². The lowest BCUT2D eigenvalue weighted by Gasteiger charge is -2.29. The molecule has 13 heteroatoms. The highest BCUT2D eigenvalue weighted by molar-refractivity contribution is 6.05. The first kappa shape index (κ1) is 21.9. The molecular formula is C23H22N8O5. The van der Waals surface area contributed by atoms with Crippen LogP contribution in [0.25, 0.3) is 5.69 Å². The molecule has 0 bridgehead atoms. The molecule has 1 atom stereocenters. The predicted molar refractivity (Wildman–Crippen MR) is 121 cm³/mol. The topological polar surface area (TPSA) is 153 Å². The second kappa shape index (κ2) is 8.59. The summed E-state index contributed by atoms with van der Waals surface area (Å²) in [6.07, 6.45) is 2.87. The number of aromatic nitrogens is 5. The van der Waals surface area contributed by atoms with Crippen LogP contribution in [-0.2, 0) is 29.2 Å². The summed E-state index contributed by atoms with van der Waals surface area (Å²) in [7, 11) is 0.